The normalized spacial score (nSPS) is 22.1. The maximum Gasteiger partial charge on any atom is 0.246 e. The number of hydrogen-bond acceptors (Lipinski definition) is 3. The van der Waals surface area contributed by atoms with Gasteiger partial charge in [0, 0.05) is 5.54 Å². The summed E-state index contributed by atoms with van der Waals surface area (Å²) in [5.41, 5.74) is 0.142. The largest absolute Gasteiger partial charge is 0.369 e. The van der Waals surface area contributed by atoms with Crippen LogP contribution in [0.3, 0.4) is 0 Å². The van der Waals surface area contributed by atoms with Crippen LogP contribution in [-0.2, 0) is 9.59 Å². The van der Waals surface area contributed by atoms with Crippen LogP contribution in [0.1, 0.15) is 34.1 Å². The quantitative estimate of drug-likeness (QED) is 0.735. The second-order valence-electron chi connectivity index (χ2n) is 6.43. The number of nitrogens with one attached hydrogen (secondary N) is 3. The van der Waals surface area contributed by atoms with Crippen LogP contribution in [0.2, 0.25) is 0 Å². The third kappa shape index (κ3) is 3.10. The van der Waals surface area contributed by atoms with E-state index in [4.69, 9.17) is 0 Å². The molecule has 1 heterocycles. The molecular weight excluding hydrogens is 254 g/mol. The van der Waals surface area contributed by atoms with Crippen LogP contribution in [0, 0.1) is 0 Å². The SMILES string of the molecule is CC(C)(C)NC(=O)C1(C)CC(=O)Nc2ccccc2N1. The molecule has 1 unspecified atom stereocenters. The van der Waals surface area contributed by atoms with Gasteiger partial charge in [-0.3, -0.25) is 9.59 Å². The van der Waals surface area contributed by atoms with E-state index in [0.717, 1.165) is 5.69 Å². The lowest BCUT2D eigenvalue weighted by molar-refractivity contribution is -0.129. The monoisotopic (exact) mass is 275 g/mol. The van der Waals surface area contributed by atoms with Crippen LogP contribution >= 0.6 is 0 Å². The molecule has 1 aromatic rings. The Kier molecular flexibility index (Phi) is 3.46. The molecule has 0 bridgehead atoms. The van der Waals surface area contributed by atoms with Crippen LogP contribution in [0.5, 0.6) is 0 Å². The van der Waals surface area contributed by atoms with Crippen molar-refractivity contribution in [1.29, 1.82) is 0 Å². The zero-order valence-corrected chi connectivity index (χ0v) is 12.3. The van der Waals surface area contributed by atoms with Gasteiger partial charge in [-0.25, -0.2) is 0 Å². The highest BCUT2D eigenvalue weighted by Crippen LogP contribution is 2.30. The van der Waals surface area contributed by atoms with Crippen LogP contribution in [0.4, 0.5) is 11.4 Å². The summed E-state index contributed by atoms with van der Waals surface area (Å²) >= 11 is 0. The van der Waals surface area contributed by atoms with E-state index in [2.05, 4.69) is 16.0 Å². The second kappa shape index (κ2) is 4.81. The maximum atomic E-state index is 12.5. The van der Waals surface area contributed by atoms with E-state index in [9.17, 15) is 9.59 Å². The molecule has 0 saturated carbocycles. The van der Waals surface area contributed by atoms with Crippen molar-refractivity contribution in [1.82, 2.24) is 5.32 Å². The van der Waals surface area contributed by atoms with Crippen molar-refractivity contribution in [2.75, 3.05) is 10.6 Å². The Morgan fingerprint density at radius 3 is 2.45 bits per heavy atom. The smallest absolute Gasteiger partial charge is 0.246 e. The van der Waals surface area contributed by atoms with Gasteiger partial charge < -0.3 is 16.0 Å². The van der Waals surface area contributed by atoms with E-state index in [-0.39, 0.29) is 23.8 Å². The zero-order chi connectivity index (χ0) is 15.0. The molecule has 0 spiro atoms. The Bertz CT molecular complexity index is 548. The van der Waals surface area contributed by atoms with E-state index in [1.54, 1.807) is 6.92 Å². The van der Waals surface area contributed by atoms with Crippen molar-refractivity contribution < 1.29 is 9.59 Å². The summed E-state index contributed by atoms with van der Waals surface area (Å²) < 4.78 is 0. The molecule has 3 N–H and O–H groups in total. The van der Waals surface area contributed by atoms with Crippen molar-refractivity contribution in [3.63, 3.8) is 0 Å². The molecule has 5 heteroatoms. The van der Waals surface area contributed by atoms with Crippen LogP contribution in [0.25, 0.3) is 0 Å². The molecular formula is C15H21N3O2. The minimum absolute atomic E-state index is 0.0869. The molecule has 0 aromatic heterocycles. The highest BCUT2D eigenvalue weighted by atomic mass is 16.2. The van der Waals surface area contributed by atoms with Gasteiger partial charge in [-0.05, 0) is 39.8 Å². The summed E-state index contributed by atoms with van der Waals surface area (Å²) in [4.78, 5) is 24.5. The van der Waals surface area contributed by atoms with Crippen molar-refractivity contribution in [2.24, 2.45) is 0 Å². The summed E-state index contributed by atoms with van der Waals surface area (Å²) in [6, 6.07) is 7.38. The van der Waals surface area contributed by atoms with E-state index < -0.39 is 5.54 Å². The number of benzene rings is 1. The van der Waals surface area contributed by atoms with Gasteiger partial charge in [0.1, 0.15) is 5.54 Å². The molecule has 2 rings (SSSR count). The maximum absolute atomic E-state index is 12.5. The Labute approximate surface area is 119 Å². The number of fused-ring (bicyclic) bond motifs is 1. The van der Waals surface area contributed by atoms with Crippen molar-refractivity contribution in [3.05, 3.63) is 24.3 Å². The Balaban J connectivity index is 2.32. The molecule has 0 fully saturated rings. The molecule has 2 amide bonds. The van der Waals surface area contributed by atoms with E-state index in [1.807, 2.05) is 45.0 Å². The summed E-state index contributed by atoms with van der Waals surface area (Å²) in [5, 5.41) is 8.93. The predicted molar refractivity (Wildman–Crippen MR) is 79.6 cm³/mol. The first-order valence-corrected chi connectivity index (χ1v) is 6.69. The summed E-state index contributed by atoms with van der Waals surface area (Å²) in [6.45, 7) is 7.49. The van der Waals surface area contributed by atoms with E-state index in [1.165, 1.54) is 0 Å². The molecule has 0 aliphatic carbocycles. The molecule has 0 radical (unpaired) electrons. The second-order valence-corrected chi connectivity index (χ2v) is 6.43. The third-order valence-corrected chi connectivity index (χ3v) is 3.12. The fraction of sp³-hybridized carbons (Fsp3) is 0.467. The van der Waals surface area contributed by atoms with Crippen molar-refractivity contribution in [2.45, 2.75) is 45.2 Å². The van der Waals surface area contributed by atoms with Gasteiger partial charge in [0.2, 0.25) is 11.8 Å². The summed E-state index contributed by atoms with van der Waals surface area (Å²) in [6.07, 6.45) is 0.0869. The van der Waals surface area contributed by atoms with Crippen LogP contribution in [-0.4, -0.2) is 22.9 Å². The minimum atomic E-state index is -0.968. The third-order valence-electron chi connectivity index (χ3n) is 3.12. The fourth-order valence-corrected chi connectivity index (χ4v) is 2.17. The van der Waals surface area contributed by atoms with Gasteiger partial charge in [-0.1, -0.05) is 12.1 Å². The highest BCUT2D eigenvalue weighted by molar-refractivity contribution is 6.03. The molecule has 108 valence electrons. The number of amides is 2. The van der Waals surface area contributed by atoms with E-state index in [0.29, 0.717) is 5.69 Å². The molecule has 1 aliphatic rings. The van der Waals surface area contributed by atoms with Gasteiger partial charge in [0.15, 0.2) is 0 Å². The average molecular weight is 275 g/mol. The first kappa shape index (κ1) is 14.4. The Morgan fingerprint density at radius 2 is 1.85 bits per heavy atom. The number of carbonyl (C=O) groups is 2. The van der Waals surface area contributed by atoms with Crippen molar-refractivity contribution in [3.8, 4) is 0 Å². The van der Waals surface area contributed by atoms with Crippen LogP contribution < -0.4 is 16.0 Å². The Morgan fingerprint density at radius 1 is 1.25 bits per heavy atom. The van der Waals surface area contributed by atoms with E-state index >= 15 is 0 Å². The lowest BCUT2D eigenvalue weighted by Gasteiger charge is -2.32. The predicted octanol–water partition coefficient (Wildman–Crippen LogP) is 2.11. The molecule has 0 saturated heterocycles. The molecule has 5 nitrogen and oxygen atoms in total. The number of para-hydroxylation sites is 2. The number of rotatable bonds is 1. The standard InChI is InChI=1S/C15H21N3O2/c1-14(2,3)18-13(20)15(4)9-12(19)16-10-7-5-6-8-11(10)17-15/h5-8,17H,9H2,1-4H3,(H,16,19)(H,18,20). The minimum Gasteiger partial charge on any atom is -0.369 e. The molecule has 1 aromatic carbocycles. The number of carbonyl (C=O) groups excluding carboxylic acids is 2. The first-order valence-electron chi connectivity index (χ1n) is 6.69. The average Bonchev–Trinajstić information content (AvgIpc) is 2.41. The van der Waals surface area contributed by atoms with Gasteiger partial charge >= 0.3 is 0 Å². The van der Waals surface area contributed by atoms with Gasteiger partial charge in [-0.2, -0.15) is 0 Å². The van der Waals surface area contributed by atoms with Gasteiger partial charge in [0.25, 0.3) is 0 Å². The van der Waals surface area contributed by atoms with Gasteiger partial charge in [0.05, 0.1) is 17.8 Å². The first-order chi connectivity index (χ1) is 9.20. The molecule has 20 heavy (non-hydrogen) atoms. The summed E-state index contributed by atoms with van der Waals surface area (Å²) in [7, 11) is 0. The van der Waals surface area contributed by atoms with Gasteiger partial charge in [-0.15, -0.1) is 0 Å². The van der Waals surface area contributed by atoms with Crippen LogP contribution in [0.15, 0.2) is 24.3 Å². The fourth-order valence-electron chi connectivity index (χ4n) is 2.17. The topological polar surface area (TPSA) is 70.2 Å². The number of hydrogen-bond donors (Lipinski definition) is 3. The lowest BCUT2D eigenvalue weighted by atomic mass is 9.94. The highest BCUT2D eigenvalue weighted by Gasteiger charge is 2.39. The zero-order valence-electron chi connectivity index (χ0n) is 12.3. The Hall–Kier alpha value is -2.04. The molecule has 1 atom stereocenters. The lowest BCUT2D eigenvalue weighted by Crippen LogP contribution is -2.56. The van der Waals surface area contributed by atoms with Crippen molar-refractivity contribution >= 4 is 23.2 Å². The number of anilines is 2. The molecule has 1 aliphatic heterocycles. The summed E-state index contributed by atoms with van der Waals surface area (Å²) in [5.74, 6) is -0.356.